The summed E-state index contributed by atoms with van der Waals surface area (Å²) in [5.41, 5.74) is 5.31. The highest BCUT2D eigenvalue weighted by Crippen LogP contribution is 2.38. The van der Waals surface area contributed by atoms with Crippen molar-refractivity contribution >= 4 is 17.6 Å². The van der Waals surface area contributed by atoms with E-state index in [9.17, 15) is 4.79 Å². The minimum Gasteiger partial charge on any atom is -0.493 e. The zero-order chi connectivity index (χ0) is 14.6. The lowest BCUT2D eigenvalue weighted by atomic mass is 10.1. The fraction of sp³-hybridized carbons (Fsp3) is 0.462. The molecule has 0 bridgehead atoms. The molecule has 1 rings (SSSR count). The zero-order valence-corrected chi connectivity index (χ0v) is 12.2. The Kier molecular flexibility index (Phi) is 5.03. The van der Waals surface area contributed by atoms with Crippen LogP contribution in [0.25, 0.3) is 0 Å². The number of methoxy groups -OCH3 is 2. The topological polar surface area (TPSA) is 70.8 Å². The zero-order valence-electron chi connectivity index (χ0n) is 11.5. The Morgan fingerprint density at radius 2 is 2.00 bits per heavy atom. The van der Waals surface area contributed by atoms with E-state index in [1.54, 1.807) is 0 Å². The molecule has 0 aliphatic heterocycles. The van der Waals surface area contributed by atoms with Crippen molar-refractivity contribution in [1.29, 1.82) is 0 Å². The van der Waals surface area contributed by atoms with Gasteiger partial charge in [0.15, 0.2) is 11.5 Å². The number of benzene rings is 1. The second kappa shape index (κ2) is 6.12. The molecule has 0 aliphatic carbocycles. The third-order valence-electron chi connectivity index (χ3n) is 2.52. The van der Waals surface area contributed by atoms with E-state index < -0.39 is 11.6 Å². The second-order valence-electron chi connectivity index (χ2n) is 4.55. The summed E-state index contributed by atoms with van der Waals surface area (Å²) in [6.45, 7) is 3.97. The minimum absolute atomic E-state index is 0.265. The monoisotopic (exact) mass is 287 g/mol. The summed E-state index contributed by atoms with van der Waals surface area (Å²) < 4.78 is 15.6. The van der Waals surface area contributed by atoms with Gasteiger partial charge in [-0.1, -0.05) is 11.6 Å². The fourth-order valence-electron chi connectivity index (χ4n) is 1.37. The van der Waals surface area contributed by atoms with Gasteiger partial charge in [-0.15, -0.1) is 0 Å². The van der Waals surface area contributed by atoms with Crippen molar-refractivity contribution in [2.24, 2.45) is 5.73 Å². The van der Waals surface area contributed by atoms with Crippen LogP contribution in [0.5, 0.6) is 11.5 Å². The molecule has 1 aromatic rings. The predicted octanol–water partition coefficient (Wildman–Crippen LogP) is 2.25. The van der Waals surface area contributed by atoms with Crippen molar-refractivity contribution in [3.8, 4) is 11.5 Å². The molecule has 0 aliphatic rings. The van der Waals surface area contributed by atoms with E-state index in [1.807, 2.05) is 13.8 Å². The molecule has 19 heavy (non-hydrogen) atoms. The molecule has 106 valence electrons. The van der Waals surface area contributed by atoms with Crippen LogP contribution < -0.4 is 15.2 Å². The largest absolute Gasteiger partial charge is 0.493 e. The molecule has 0 fully saturated rings. The number of carbonyl (C=O) groups is 1. The van der Waals surface area contributed by atoms with Crippen molar-refractivity contribution < 1.29 is 19.0 Å². The lowest BCUT2D eigenvalue weighted by molar-refractivity contribution is 0.0600. The Morgan fingerprint density at radius 1 is 1.37 bits per heavy atom. The van der Waals surface area contributed by atoms with Crippen LogP contribution in [0.3, 0.4) is 0 Å². The van der Waals surface area contributed by atoms with Crippen LogP contribution in [-0.2, 0) is 4.74 Å². The first kappa shape index (κ1) is 15.6. The van der Waals surface area contributed by atoms with Crippen LogP contribution in [0.1, 0.15) is 24.2 Å². The molecule has 0 saturated heterocycles. The Balaban J connectivity index is 3.22. The number of nitrogens with two attached hydrogens (primary N) is 1. The highest BCUT2D eigenvalue weighted by Gasteiger charge is 2.23. The fourth-order valence-corrected chi connectivity index (χ4v) is 1.62. The summed E-state index contributed by atoms with van der Waals surface area (Å²) in [6, 6.07) is 2.98. The lowest BCUT2D eigenvalue weighted by Gasteiger charge is -2.26. The van der Waals surface area contributed by atoms with E-state index in [-0.39, 0.29) is 5.02 Å². The van der Waals surface area contributed by atoms with Crippen LogP contribution in [0, 0.1) is 0 Å². The van der Waals surface area contributed by atoms with Gasteiger partial charge in [0.05, 0.1) is 24.8 Å². The quantitative estimate of drug-likeness (QED) is 0.841. The predicted molar refractivity (Wildman–Crippen MR) is 73.1 cm³/mol. The van der Waals surface area contributed by atoms with Crippen LogP contribution in [-0.4, -0.2) is 32.3 Å². The number of esters is 1. The Hall–Kier alpha value is -1.46. The third kappa shape index (κ3) is 3.75. The molecule has 0 saturated carbocycles. The number of carbonyl (C=O) groups excluding carboxylic acids is 1. The standard InChI is InChI=1S/C13H18ClNO4/c1-13(2,7-15)19-11-9(14)5-8(12(16)18-4)6-10(11)17-3/h5-6H,7,15H2,1-4H3. The van der Waals surface area contributed by atoms with Crippen LogP contribution in [0.2, 0.25) is 5.02 Å². The SMILES string of the molecule is COC(=O)c1cc(Cl)c(OC(C)(C)CN)c(OC)c1. The molecule has 2 N–H and O–H groups in total. The van der Waals surface area contributed by atoms with Gasteiger partial charge < -0.3 is 19.9 Å². The summed E-state index contributed by atoms with van der Waals surface area (Å²) in [5, 5.41) is 0.265. The Morgan fingerprint density at radius 3 is 2.47 bits per heavy atom. The molecule has 0 atom stereocenters. The van der Waals surface area contributed by atoms with E-state index in [0.29, 0.717) is 23.6 Å². The van der Waals surface area contributed by atoms with Gasteiger partial charge in [0, 0.05) is 6.54 Å². The van der Waals surface area contributed by atoms with Crippen molar-refractivity contribution in [2.45, 2.75) is 19.4 Å². The number of halogens is 1. The molecule has 0 amide bonds. The van der Waals surface area contributed by atoms with Gasteiger partial charge in [0.25, 0.3) is 0 Å². The Bertz CT molecular complexity index is 474. The molecule has 6 heteroatoms. The maximum absolute atomic E-state index is 11.5. The summed E-state index contributed by atoms with van der Waals surface area (Å²) in [5.74, 6) is 0.214. The van der Waals surface area contributed by atoms with Crippen molar-refractivity contribution in [1.82, 2.24) is 0 Å². The van der Waals surface area contributed by atoms with E-state index in [1.165, 1.54) is 26.4 Å². The first-order valence-corrected chi connectivity index (χ1v) is 6.07. The summed E-state index contributed by atoms with van der Waals surface area (Å²) in [6.07, 6.45) is 0. The summed E-state index contributed by atoms with van der Waals surface area (Å²) >= 11 is 6.12. The summed E-state index contributed by atoms with van der Waals surface area (Å²) in [7, 11) is 2.76. The number of ether oxygens (including phenoxy) is 3. The Labute approximate surface area is 117 Å². The third-order valence-corrected chi connectivity index (χ3v) is 2.80. The first-order valence-electron chi connectivity index (χ1n) is 5.69. The highest BCUT2D eigenvalue weighted by molar-refractivity contribution is 6.32. The van der Waals surface area contributed by atoms with E-state index in [4.69, 9.17) is 26.8 Å². The van der Waals surface area contributed by atoms with Gasteiger partial charge in [0.2, 0.25) is 0 Å². The van der Waals surface area contributed by atoms with E-state index in [2.05, 4.69) is 4.74 Å². The molecular formula is C13H18ClNO4. The number of hydrogen-bond acceptors (Lipinski definition) is 5. The van der Waals surface area contributed by atoms with Gasteiger partial charge in [-0.3, -0.25) is 0 Å². The molecule has 0 spiro atoms. The first-order chi connectivity index (χ1) is 8.84. The van der Waals surface area contributed by atoms with Crippen LogP contribution in [0.4, 0.5) is 0 Å². The number of rotatable bonds is 5. The van der Waals surface area contributed by atoms with Gasteiger partial charge in [-0.2, -0.15) is 0 Å². The maximum atomic E-state index is 11.5. The van der Waals surface area contributed by atoms with Gasteiger partial charge in [-0.05, 0) is 26.0 Å². The molecule has 0 radical (unpaired) electrons. The van der Waals surface area contributed by atoms with Gasteiger partial charge in [-0.25, -0.2) is 4.79 Å². The highest BCUT2D eigenvalue weighted by atomic mass is 35.5. The number of hydrogen-bond donors (Lipinski definition) is 1. The molecule has 0 unspecified atom stereocenters. The van der Waals surface area contributed by atoms with Crippen molar-refractivity contribution in [2.75, 3.05) is 20.8 Å². The van der Waals surface area contributed by atoms with Crippen LogP contribution in [0.15, 0.2) is 12.1 Å². The molecule has 5 nitrogen and oxygen atoms in total. The molecular weight excluding hydrogens is 270 g/mol. The van der Waals surface area contributed by atoms with Gasteiger partial charge in [0.1, 0.15) is 5.60 Å². The van der Waals surface area contributed by atoms with E-state index in [0.717, 1.165) is 0 Å². The molecule has 0 heterocycles. The average molecular weight is 288 g/mol. The maximum Gasteiger partial charge on any atom is 0.338 e. The molecule has 0 aromatic heterocycles. The smallest absolute Gasteiger partial charge is 0.338 e. The second-order valence-corrected chi connectivity index (χ2v) is 4.95. The van der Waals surface area contributed by atoms with E-state index >= 15 is 0 Å². The lowest BCUT2D eigenvalue weighted by Crippen LogP contribution is -2.37. The molecule has 1 aromatic carbocycles. The van der Waals surface area contributed by atoms with Crippen molar-refractivity contribution in [3.63, 3.8) is 0 Å². The van der Waals surface area contributed by atoms with Crippen LogP contribution >= 0.6 is 11.6 Å². The van der Waals surface area contributed by atoms with Gasteiger partial charge >= 0.3 is 5.97 Å². The minimum atomic E-state index is -0.594. The normalized spacial score (nSPS) is 11.1. The van der Waals surface area contributed by atoms with Crippen molar-refractivity contribution in [3.05, 3.63) is 22.7 Å². The average Bonchev–Trinajstić information content (AvgIpc) is 2.39. The summed E-state index contributed by atoms with van der Waals surface area (Å²) in [4.78, 5) is 11.5.